The standard InChI is InChI=1S/C22H21N5O2/c23-13-16-5-8-24-20(11-16)26-9-6-22(7-10-26)12-17(29-21(22)28)14-27-15-25-18-3-1-2-4-19(18)27/h1-5,8,11,15,17H,6-7,9-10,12,14H2. The number of pyridine rings is 1. The predicted molar refractivity (Wildman–Crippen MR) is 107 cm³/mol. The number of imidazole rings is 1. The molecule has 1 spiro atoms. The molecule has 2 saturated heterocycles. The molecular formula is C22H21N5O2. The minimum atomic E-state index is -0.412. The van der Waals surface area contributed by atoms with Gasteiger partial charge in [-0.2, -0.15) is 5.26 Å². The number of cyclic esters (lactones) is 1. The molecule has 0 aliphatic carbocycles. The van der Waals surface area contributed by atoms with Crippen LogP contribution in [0.3, 0.4) is 0 Å². The lowest BCUT2D eigenvalue weighted by molar-refractivity contribution is -0.150. The maximum absolute atomic E-state index is 12.8. The van der Waals surface area contributed by atoms with E-state index >= 15 is 0 Å². The Morgan fingerprint density at radius 3 is 2.86 bits per heavy atom. The van der Waals surface area contributed by atoms with E-state index in [1.165, 1.54) is 0 Å². The highest BCUT2D eigenvalue weighted by molar-refractivity contribution is 5.80. The molecule has 146 valence electrons. The number of nitrogens with zero attached hydrogens (tertiary/aromatic N) is 5. The molecule has 2 aliphatic rings. The first-order valence-electron chi connectivity index (χ1n) is 9.89. The molecular weight excluding hydrogens is 366 g/mol. The van der Waals surface area contributed by atoms with Gasteiger partial charge in [-0.25, -0.2) is 9.97 Å². The molecule has 7 heteroatoms. The second-order valence-corrected chi connectivity index (χ2v) is 7.90. The Labute approximate surface area is 168 Å². The average molecular weight is 387 g/mol. The Morgan fingerprint density at radius 2 is 2.03 bits per heavy atom. The lowest BCUT2D eigenvalue weighted by Gasteiger charge is -2.37. The first-order chi connectivity index (χ1) is 14.2. The number of benzene rings is 1. The molecule has 0 N–H and O–H groups in total. The summed E-state index contributed by atoms with van der Waals surface area (Å²) in [4.78, 5) is 23.7. The van der Waals surface area contributed by atoms with Crippen molar-refractivity contribution >= 4 is 22.8 Å². The summed E-state index contributed by atoms with van der Waals surface area (Å²) in [6.07, 6.45) is 5.56. The maximum atomic E-state index is 12.8. The van der Waals surface area contributed by atoms with Crippen LogP contribution in [0.2, 0.25) is 0 Å². The molecule has 7 nitrogen and oxygen atoms in total. The number of piperidine rings is 1. The number of carbonyl (C=O) groups excluding carboxylic acids is 1. The first-order valence-corrected chi connectivity index (χ1v) is 9.89. The molecule has 0 radical (unpaired) electrons. The Bertz CT molecular complexity index is 1110. The number of para-hydroxylation sites is 2. The van der Waals surface area contributed by atoms with Gasteiger partial charge in [-0.1, -0.05) is 12.1 Å². The molecule has 1 unspecified atom stereocenters. The lowest BCUT2D eigenvalue weighted by atomic mass is 9.76. The van der Waals surface area contributed by atoms with Crippen LogP contribution in [0, 0.1) is 16.7 Å². The van der Waals surface area contributed by atoms with Gasteiger partial charge in [0.15, 0.2) is 0 Å². The van der Waals surface area contributed by atoms with Crippen LogP contribution in [0.4, 0.5) is 5.82 Å². The van der Waals surface area contributed by atoms with Crippen LogP contribution in [-0.2, 0) is 16.1 Å². The fourth-order valence-electron chi connectivity index (χ4n) is 4.55. The number of ether oxygens (including phenoxy) is 1. The summed E-state index contributed by atoms with van der Waals surface area (Å²) in [7, 11) is 0. The highest BCUT2D eigenvalue weighted by Gasteiger charge is 2.50. The van der Waals surface area contributed by atoms with E-state index in [2.05, 4.69) is 25.5 Å². The number of anilines is 1. The predicted octanol–water partition coefficient (Wildman–Crippen LogP) is 2.91. The largest absolute Gasteiger partial charge is 0.460 e. The molecule has 1 aromatic carbocycles. The molecule has 0 saturated carbocycles. The van der Waals surface area contributed by atoms with Crippen molar-refractivity contribution in [3.63, 3.8) is 0 Å². The number of hydrogen-bond acceptors (Lipinski definition) is 6. The van der Waals surface area contributed by atoms with Gasteiger partial charge in [0.05, 0.1) is 41.0 Å². The fraction of sp³-hybridized carbons (Fsp3) is 0.364. The third kappa shape index (κ3) is 3.11. The van der Waals surface area contributed by atoms with Crippen molar-refractivity contribution in [3.05, 3.63) is 54.5 Å². The van der Waals surface area contributed by atoms with Gasteiger partial charge in [-0.3, -0.25) is 4.79 Å². The zero-order valence-corrected chi connectivity index (χ0v) is 16.0. The highest BCUT2D eigenvalue weighted by Crippen LogP contribution is 2.44. The minimum Gasteiger partial charge on any atom is -0.460 e. The Kier molecular flexibility index (Phi) is 4.20. The van der Waals surface area contributed by atoms with Crippen molar-refractivity contribution in [3.8, 4) is 6.07 Å². The van der Waals surface area contributed by atoms with Gasteiger partial charge in [0.25, 0.3) is 0 Å². The van der Waals surface area contributed by atoms with E-state index in [4.69, 9.17) is 10.00 Å². The Morgan fingerprint density at radius 1 is 1.21 bits per heavy atom. The normalized spacial score (nSPS) is 20.7. The van der Waals surface area contributed by atoms with Gasteiger partial charge in [-0.05, 0) is 37.1 Å². The summed E-state index contributed by atoms with van der Waals surface area (Å²) in [5, 5.41) is 9.10. The lowest BCUT2D eigenvalue weighted by Crippen LogP contribution is -2.42. The van der Waals surface area contributed by atoms with Gasteiger partial charge in [0.1, 0.15) is 11.9 Å². The summed E-state index contributed by atoms with van der Waals surface area (Å²) < 4.78 is 7.86. The van der Waals surface area contributed by atoms with E-state index < -0.39 is 5.41 Å². The molecule has 1 atom stereocenters. The van der Waals surface area contributed by atoms with Crippen LogP contribution in [0.25, 0.3) is 11.0 Å². The number of carbonyl (C=O) groups is 1. The quantitative estimate of drug-likeness (QED) is 0.643. The second-order valence-electron chi connectivity index (χ2n) is 7.90. The first kappa shape index (κ1) is 17.7. The van der Waals surface area contributed by atoms with Crippen LogP contribution < -0.4 is 4.90 Å². The highest BCUT2D eigenvalue weighted by atomic mass is 16.6. The van der Waals surface area contributed by atoms with Gasteiger partial charge in [0.2, 0.25) is 0 Å². The van der Waals surface area contributed by atoms with Crippen molar-refractivity contribution in [2.45, 2.75) is 31.9 Å². The molecule has 4 heterocycles. The number of fused-ring (bicyclic) bond motifs is 1. The Balaban J connectivity index is 1.28. The van der Waals surface area contributed by atoms with Crippen molar-refractivity contribution in [1.82, 2.24) is 14.5 Å². The average Bonchev–Trinajstić information content (AvgIpc) is 3.30. The number of rotatable bonds is 3. The summed E-state index contributed by atoms with van der Waals surface area (Å²) in [6.45, 7) is 2.10. The van der Waals surface area contributed by atoms with Gasteiger partial charge in [0, 0.05) is 25.7 Å². The number of nitriles is 1. The molecule has 3 aromatic rings. The zero-order chi connectivity index (χ0) is 19.8. The summed E-state index contributed by atoms with van der Waals surface area (Å²) >= 11 is 0. The van der Waals surface area contributed by atoms with Crippen LogP contribution in [0.5, 0.6) is 0 Å². The molecule has 2 fully saturated rings. The van der Waals surface area contributed by atoms with E-state index in [1.54, 1.807) is 18.3 Å². The number of hydrogen-bond donors (Lipinski definition) is 0. The summed E-state index contributed by atoms with van der Waals surface area (Å²) in [5.74, 6) is 0.719. The molecule has 2 aliphatic heterocycles. The van der Waals surface area contributed by atoms with Crippen molar-refractivity contribution in [2.24, 2.45) is 5.41 Å². The third-order valence-corrected chi connectivity index (χ3v) is 6.17. The Hall–Kier alpha value is -3.40. The fourth-order valence-corrected chi connectivity index (χ4v) is 4.55. The van der Waals surface area contributed by atoms with E-state index in [0.29, 0.717) is 12.1 Å². The summed E-state index contributed by atoms with van der Waals surface area (Å²) in [6, 6.07) is 13.6. The van der Waals surface area contributed by atoms with Crippen LogP contribution >= 0.6 is 0 Å². The zero-order valence-electron chi connectivity index (χ0n) is 16.0. The summed E-state index contributed by atoms with van der Waals surface area (Å²) in [5.41, 5.74) is 2.20. The minimum absolute atomic E-state index is 0.0784. The molecule has 29 heavy (non-hydrogen) atoms. The van der Waals surface area contributed by atoms with Crippen molar-refractivity contribution in [2.75, 3.05) is 18.0 Å². The monoisotopic (exact) mass is 387 g/mol. The van der Waals surface area contributed by atoms with Gasteiger partial charge >= 0.3 is 5.97 Å². The van der Waals surface area contributed by atoms with Crippen molar-refractivity contribution in [1.29, 1.82) is 5.26 Å². The van der Waals surface area contributed by atoms with Gasteiger partial charge < -0.3 is 14.2 Å². The number of esters is 1. The topological polar surface area (TPSA) is 84.0 Å². The second kappa shape index (κ2) is 6.89. The van der Waals surface area contributed by atoms with E-state index in [1.807, 2.05) is 30.6 Å². The van der Waals surface area contributed by atoms with E-state index in [0.717, 1.165) is 49.2 Å². The van der Waals surface area contributed by atoms with Crippen molar-refractivity contribution < 1.29 is 9.53 Å². The number of aromatic nitrogens is 3. The molecule has 0 amide bonds. The third-order valence-electron chi connectivity index (χ3n) is 6.17. The van der Waals surface area contributed by atoms with Crippen LogP contribution in [0.1, 0.15) is 24.8 Å². The van der Waals surface area contributed by atoms with Crippen LogP contribution in [-0.4, -0.2) is 39.7 Å². The van der Waals surface area contributed by atoms with E-state index in [-0.39, 0.29) is 12.1 Å². The molecule has 5 rings (SSSR count). The molecule has 0 bridgehead atoms. The SMILES string of the molecule is N#Cc1ccnc(N2CCC3(CC2)CC(Cn2cnc4ccccc42)OC3=O)c1. The van der Waals surface area contributed by atoms with Crippen LogP contribution in [0.15, 0.2) is 48.9 Å². The van der Waals surface area contributed by atoms with E-state index in [9.17, 15) is 4.79 Å². The van der Waals surface area contributed by atoms with Gasteiger partial charge in [-0.15, -0.1) is 0 Å². The maximum Gasteiger partial charge on any atom is 0.312 e. The molecule has 2 aromatic heterocycles. The smallest absolute Gasteiger partial charge is 0.312 e.